The van der Waals surface area contributed by atoms with Gasteiger partial charge in [0.25, 0.3) is 0 Å². The highest BCUT2D eigenvalue weighted by Gasteiger charge is 2.37. The summed E-state index contributed by atoms with van der Waals surface area (Å²) in [7, 11) is 0. The standard InChI is InChI=1S/C71H48N2/c1-70(2)60-21-13-11-19-52(60)54-29-27-48(38-62(54)70)66-57-32-26-45(50-35-47-24-23-46-33-42(41-72)34-64-68(46)69(47)65(40-50)73(64)51-17-9-6-10-18-51)37-59(57)67(56-31-25-44(36-58(56)66)43-15-7-5-8-16-43)49-28-30-55-53-20-12-14-22-61(53)71(3,4)63(55)39-49/h5-40H,1-4H3. The van der Waals surface area contributed by atoms with Gasteiger partial charge in [-0.05, 0) is 182 Å². The van der Waals surface area contributed by atoms with Crippen LogP contribution >= 0.6 is 0 Å². The third-order valence-electron chi connectivity index (χ3n) is 16.9. The first-order chi connectivity index (χ1) is 35.7. The van der Waals surface area contributed by atoms with Gasteiger partial charge in [-0.1, -0.05) is 185 Å². The topological polar surface area (TPSA) is 28.7 Å². The van der Waals surface area contributed by atoms with Gasteiger partial charge in [0.15, 0.2) is 0 Å². The van der Waals surface area contributed by atoms with Crippen molar-refractivity contribution in [1.82, 2.24) is 4.57 Å². The Balaban J connectivity index is 1.05. The number of hydrogen-bond donors (Lipinski definition) is 0. The number of rotatable bonds is 5. The highest BCUT2D eigenvalue weighted by atomic mass is 15.0. The van der Waals surface area contributed by atoms with Crippen LogP contribution in [0.5, 0.6) is 0 Å². The lowest BCUT2D eigenvalue weighted by molar-refractivity contribution is 0.660. The molecule has 1 aromatic heterocycles. The number of aromatic nitrogens is 1. The van der Waals surface area contributed by atoms with Gasteiger partial charge in [-0.2, -0.15) is 5.26 Å². The molecule has 0 atom stereocenters. The van der Waals surface area contributed by atoms with Crippen LogP contribution in [0.4, 0.5) is 0 Å². The number of hydrogen-bond acceptors (Lipinski definition) is 1. The molecule has 0 aliphatic heterocycles. The lowest BCUT2D eigenvalue weighted by atomic mass is 9.79. The van der Waals surface area contributed by atoms with Crippen LogP contribution in [0, 0.1) is 11.3 Å². The van der Waals surface area contributed by atoms with Crippen molar-refractivity contribution in [2.75, 3.05) is 0 Å². The smallest absolute Gasteiger partial charge is 0.0992 e. The number of para-hydroxylation sites is 1. The van der Waals surface area contributed by atoms with Crippen LogP contribution < -0.4 is 0 Å². The highest BCUT2D eigenvalue weighted by molar-refractivity contribution is 6.26. The molecule has 0 bridgehead atoms. The Morgan fingerprint density at radius 2 is 0.808 bits per heavy atom. The molecule has 1 heterocycles. The fourth-order valence-electron chi connectivity index (χ4n) is 13.4. The van der Waals surface area contributed by atoms with Gasteiger partial charge in [-0.25, -0.2) is 0 Å². The largest absolute Gasteiger partial charge is 0.309 e. The molecular formula is C71H48N2. The predicted octanol–water partition coefficient (Wildman–Crippen LogP) is 18.8. The summed E-state index contributed by atoms with van der Waals surface area (Å²) >= 11 is 0. The maximum atomic E-state index is 10.2. The Kier molecular flexibility index (Phi) is 8.57. The first kappa shape index (κ1) is 41.7. The van der Waals surface area contributed by atoms with Crippen LogP contribution in [0.3, 0.4) is 0 Å². The van der Waals surface area contributed by atoms with Crippen LogP contribution in [-0.4, -0.2) is 4.57 Å². The minimum atomic E-state index is -0.163. The minimum absolute atomic E-state index is 0.156. The first-order valence-electron chi connectivity index (χ1n) is 25.5. The molecule has 15 rings (SSSR count). The molecule has 0 amide bonds. The molecule has 0 saturated carbocycles. The lowest BCUT2D eigenvalue weighted by Crippen LogP contribution is -2.15. The number of fused-ring (bicyclic) bond motifs is 8. The van der Waals surface area contributed by atoms with E-state index in [4.69, 9.17) is 0 Å². The zero-order valence-corrected chi connectivity index (χ0v) is 41.2. The van der Waals surface area contributed by atoms with Gasteiger partial charge < -0.3 is 4.57 Å². The van der Waals surface area contributed by atoms with Crippen molar-refractivity contribution in [3.8, 4) is 78.5 Å². The van der Waals surface area contributed by atoms with Crippen molar-refractivity contribution in [1.29, 1.82) is 5.26 Å². The molecule has 13 aromatic rings. The average Bonchev–Trinajstić information content (AvgIpc) is 3.98. The maximum absolute atomic E-state index is 10.2. The number of nitriles is 1. The van der Waals surface area contributed by atoms with E-state index in [0.29, 0.717) is 5.56 Å². The molecule has 73 heavy (non-hydrogen) atoms. The lowest BCUT2D eigenvalue weighted by Gasteiger charge is -2.24. The van der Waals surface area contributed by atoms with Crippen LogP contribution in [0.25, 0.3) is 127 Å². The van der Waals surface area contributed by atoms with Gasteiger partial charge in [0.1, 0.15) is 0 Å². The molecule has 2 aliphatic rings. The number of nitrogens with zero attached hydrogens (tertiary/aromatic N) is 2. The van der Waals surface area contributed by atoms with Gasteiger partial charge in [-0.15, -0.1) is 0 Å². The highest BCUT2D eigenvalue weighted by Crippen LogP contribution is 2.54. The zero-order chi connectivity index (χ0) is 48.9. The van der Waals surface area contributed by atoms with Crippen molar-refractivity contribution in [2.45, 2.75) is 38.5 Å². The van der Waals surface area contributed by atoms with Gasteiger partial charge in [0.2, 0.25) is 0 Å². The van der Waals surface area contributed by atoms with Crippen LogP contribution in [-0.2, 0) is 10.8 Å². The maximum Gasteiger partial charge on any atom is 0.0992 e. The van der Waals surface area contributed by atoms with E-state index in [1.165, 1.54) is 116 Å². The zero-order valence-electron chi connectivity index (χ0n) is 41.2. The molecule has 0 radical (unpaired) electrons. The van der Waals surface area contributed by atoms with Crippen LogP contribution in [0.15, 0.2) is 218 Å². The summed E-state index contributed by atoms with van der Waals surface area (Å²) in [5, 5.41) is 19.8. The molecule has 2 aliphatic carbocycles. The van der Waals surface area contributed by atoms with E-state index in [1.54, 1.807) is 0 Å². The van der Waals surface area contributed by atoms with E-state index in [-0.39, 0.29) is 10.8 Å². The van der Waals surface area contributed by atoms with Crippen LogP contribution in [0.2, 0.25) is 0 Å². The van der Waals surface area contributed by atoms with Crippen molar-refractivity contribution in [3.63, 3.8) is 0 Å². The Labute approximate surface area is 425 Å². The second kappa shape index (κ2) is 15.0. The van der Waals surface area contributed by atoms with E-state index < -0.39 is 0 Å². The normalized spacial score (nSPS) is 14.0. The fourth-order valence-corrected chi connectivity index (χ4v) is 13.4. The fraction of sp³-hybridized carbons (Fsp3) is 0.0845. The minimum Gasteiger partial charge on any atom is -0.309 e. The van der Waals surface area contributed by atoms with Gasteiger partial charge >= 0.3 is 0 Å². The van der Waals surface area contributed by atoms with E-state index in [0.717, 1.165) is 33.2 Å². The van der Waals surface area contributed by atoms with Gasteiger partial charge in [0, 0.05) is 27.3 Å². The molecule has 0 saturated heterocycles. The quantitative estimate of drug-likeness (QED) is 0.125. The summed E-state index contributed by atoms with van der Waals surface area (Å²) in [6, 6.07) is 84.0. The van der Waals surface area contributed by atoms with Crippen molar-refractivity contribution in [3.05, 3.63) is 246 Å². The molecule has 0 fully saturated rings. The molecule has 342 valence electrons. The molecule has 0 unspecified atom stereocenters. The summed E-state index contributed by atoms with van der Waals surface area (Å²) in [6.07, 6.45) is 0. The monoisotopic (exact) mass is 928 g/mol. The second-order valence-corrected chi connectivity index (χ2v) is 21.5. The van der Waals surface area contributed by atoms with E-state index in [1.807, 2.05) is 6.07 Å². The SMILES string of the molecule is CC1(C)c2ccccc2-c2ccc(-c3c4ccc(-c5cc6ccc7cc(C#N)cc8c7c6c(c5)n8-c5ccccc5)cc4c(-c4ccc5c(c4)C(C)(C)c4ccccc4-5)c4ccc(-c5ccccc5)cc34)cc21. The summed E-state index contributed by atoms with van der Waals surface area (Å²) in [5.41, 5.74) is 24.0. The molecule has 0 N–H and O–H groups in total. The second-order valence-electron chi connectivity index (χ2n) is 21.5. The Hall–Kier alpha value is -9.03. The molecule has 12 aromatic carbocycles. The first-order valence-corrected chi connectivity index (χ1v) is 25.5. The van der Waals surface area contributed by atoms with E-state index >= 15 is 0 Å². The van der Waals surface area contributed by atoms with Gasteiger partial charge in [0.05, 0.1) is 22.7 Å². The third-order valence-corrected chi connectivity index (χ3v) is 16.9. The summed E-state index contributed by atoms with van der Waals surface area (Å²) < 4.78 is 2.36. The predicted molar refractivity (Wildman–Crippen MR) is 306 cm³/mol. The summed E-state index contributed by atoms with van der Waals surface area (Å²) in [6.45, 7) is 9.53. The van der Waals surface area contributed by atoms with Crippen molar-refractivity contribution >= 4 is 54.1 Å². The Bertz CT molecular complexity index is 4540. The van der Waals surface area contributed by atoms with Crippen molar-refractivity contribution < 1.29 is 0 Å². The van der Waals surface area contributed by atoms with Crippen molar-refractivity contribution in [2.24, 2.45) is 0 Å². The molecule has 0 spiro atoms. The summed E-state index contributed by atoms with van der Waals surface area (Å²) in [5.74, 6) is 0. The average molecular weight is 929 g/mol. The Morgan fingerprint density at radius 1 is 0.342 bits per heavy atom. The molecular weight excluding hydrogens is 881 g/mol. The van der Waals surface area contributed by atoms with E-state index in [2.05, 4.69) is 251 Å². The van der Waals surface area contributed by atoms with Crippen LogP contribution in [0.1, 0.15) is 55.5 Å². The number of benzene rings is 12. The molecule has 2 nitrogen and oxygen atoms in total. The van der Waals surface area contributed by atoms with E-state index in [9.17, 15) is 5.26 Å². The third kappa shape index (κ3) is 5.85. The van der Waals surface area contributed by atoms with Gasteiger partial charge in [-0.3, -0.25) is 0 Å². The summed E-state index contributed by atoms with van der Waals surface area (Å²) in [4.78, 5) is 0. The molecule has 2 heteroatoms. The Morgan fingerprint density at radius 3 is 1.37 bits per heavy atom.